The first-order valence-electron chi connectivity index (χ1n) is 6.87. The highest BCUT2D eigenvalue weighted by Crippen LogP contribution is 2.39. The summed E-state index contributed by atoms with van der Waals surface area (Å²) in [5, 5.41) is 4.17. The maximum atomic E-state index is 6.19. The lowest BCUT2D eigenvalue weighted by Crippen LogP contribution is -2.38. The van der Waals surface area contributed by atoms with Crippen LogP contribution in [0.3, 0.4) is 0 Å². The molecule has 1 aromatic heterocycles. The molecule has 0 aromatic carbocycles. The fourth-order valence-corrected chi connectivity index (χ4v) is 3.05. The molecule has 2 heterocycles. The number of aromatic nitrogens is 2. The van der Waals surface area contributed by atoms with E-state index in [1.165, 1.54) is 0 Å². The molecule has 1 aromatic rings. The van der Waals surface area contributed by atoms with Gasteiger partial charge in [-0.05, 0) is 32.6 Å². The van der Waals surface area contributed by atoms with Crippen molar-refractivity contribution in [2.75, 3.05) is 13.2 Å². The Morgan fingerprint density at radius 2 is 2.06 bits per heavy atom. The van der Waals surface area contributed by atoms with E-state index in [4.69, 9.17) is 15.0 Å². The molecule has 5 heteroatoms. The number of hydrogen-bond acceptors (Lipinski definition) is 5. The summed E-state index contributed by atoms with van der Waals surface area (Å²) in [6.45, 7) is 3.74. The summed E-state index contributed by atoms with van der Waals surface area (Å²) >= 11 is 0. The minimum absolute atomic E-state index is 0.129. The van der Waals surface area contributed by atoms with Crippen LogP contribution in [0.2, 0.25) is 0 Å². The molecule has 0 amide bonds. The van der Waals surface area contributed by atoms with E-state index in [0.29, 0.717) is 5.92 Å². The molecular weight excluding hydrogens is 230 g/mol. The van der Waals surface area contributed by atoms with Gasteiger partial charge in [0.25, 0.3) is 0 Å². The molecule has 1 aliphatic carbocycles. The lowest BCUT2D eigenvalue weighted by Gasteiger charge is -2.24. The molecule has 0 spiro atoms. The molecule has 1 saturated carbocycles. The molecule has 3 rings (SSSR count). The summed E-state index contributed by atoms with van der Waals surface area (Å²) < 4.78 is 10.9. The molecule has 0 radical (unpaired) electrons. The average Bonchev–Trinajstić information content (AvgIpc) is 3.00. The van der Waals surface area contributed by atoms with Crippen LogP contribution in [-0.2, 0) is 10.2 Å². The predicted molar refractivity (Wildman–Crippen MR) is 66.3 cm³/mol. The zero-order valence-electron chi connectivity index (χ0n) is 10.9. The monoisotopic (exact) mass is 251 g/mol. The average molecular weight is 251 g/mol. The van der Waals surface area contributed by atoms with E-state index >= 15 is 0 Å². The van der Waals surface area contributed by atoms with Crippen molar-refractivity contribution in [3.8, 4) is 0 Å². The van der Waals surface area contributed by atoms with Gasteiger partial charge >= 0.3 is 0 Å². The van der Waals surface area contributed by atoms with Gasteiger partial charge in [0.1, 0.15) is 0 Å². The number of nitrogens with two attached hydrogens (primary N) is 1. The van der Waals surface area contributed by atoms with E-state index in [1.807, 2.05) is 0 Å². The van der Waals surface area contributed by atoms with Crippen LogP contribution in [0.15, 0.2) is 4.52 Å². The predicted octanol–water partition coefficient (Wildman–Crippen LogP) is 1.73. The zero-order valence-corrected chi connectivity index (χ0v) is 10.9. The van der Waals surface area contributed by atoms with Crippen LogP contribution >= 0.6 is 0 Å². The third-order valence-electron chi connectivity index (χ3n) is 4.55. The van der Waals surface area contributed by atoms with Gasteiger partial charge in [-0.15, -0.1) is 0 Å². The lowest BCUT2D eigenvalue weighted by atomic mass is 9.85. The van der Waals surface area contributed by atoms with Crippen molar-refractivity contribution in [1.29, 1.82) is 0 Å². The van der Waals surface area contributed by atoms with Crippen molar-refractivity contribution in [2.45, 2.75) is 56.4 Å². The summed E-state index contributed by atoms with van der Waals surface area (Å²) in [5.41, 5.74) is 6.06. The van der Waals surface area contributed by atoms with Crippen molar-refractivity contribution < 1.29 is 9.26 Å². The summed E-state index contributed by atoms with van der Waals surface area (Å²) in [6, 6.07) is 0.139. The van der Waals surface area contributed by atoms with Gasteiger partial charge in [0.2, 0.25) is 5.89 Å². The Hall–Kier alpha value is -0.940. The highest BCUT2D eigenvalue weighted by Gasteiger charge is 2.43. The third kappa shape index (κ3) is 1.95. The van der Waals surface area contributed by atoms with E-state index in [9.17, 15) is 0 Å². The van der Waals surface area contributed by atoms with Crippen LogP contribution in [0, 0.1) is 0 Å². The van der Waals surface area contributed by atoms with Gasteiger partial charge in [-0.2, -0.15) is 4.98 Å². The first kappa shape index (κ1) is 12.1. The van der Waals surface area contributed by atoms with E-state index in [0.717, 1.165) is 57.0 Å². The van der Waals surface area contributed by atoms with Gasteiger partial charge in [-0.1, -0.05) is 11.6 Å². The second kappa shape index (κ2) is 4.63. The molecule has 2 N–H and O–H groups in total. The molecule has 2 unspecified atom stereocenters. The molecule has 2 aliphatic rings. The molecule has 5 nitrogen and oxygen atoms in total. The summed E-state index contributed by atoms with van der Waals surface area (Å²) in [7, 11) is 0. The maximum absolute atomic E-state index is 6.19. The standard InChI is InChI=1S/C13H21N3O2/c1-13(6-2-3-10(13)14)12-15-11(16-18-12)9-4-7-17-8-5-9/h9-10H,2-8,14H2,1H3. The first-order valence-corrected chi connectivity index (χ1v) is 6.87. The largest absolute Gasteiger partial charge is 0.381 e. The van der Waals surface area contributed by atoms with Crippen molar-refractivity contribution in [3.05, 3.63) is 11.7 Å². The van der Waals surface area contributed by atoms with Gasteiger partial charge in [-0.3, -0.25) is 0 Å². The molecule has 0 bridgehead atoms. The lowest BCUT2D eigenvalue weighted by molar-refractivity contribution is 0.0830. The van der Waals surface area contributed by atoms with E-state index in [-0.39, 0.29) is 11.5 Å². The van der Waals surface area contributed by atoms with E-state index < -0.39 is 0 Å². The Labute approximate surface area is 107 Å². The van der Waals surface area contributed by atoms with Crippen LogP contribution in [0.1, 0.15) is 56.7 Å². The fourth-order valence-electron chi connectivity index (χ4n) is 3.05. The van der Waals surface area contributed by atoms with Crippen LogP contribution in [0.4, 0.5) is 0 Å². The van der Waals surface area contributed by atoms with Crippen LogP contribution in [0.5, 0.6) is 0 Å². The van der Waals surface area contributed by atoms with Crippen LogP contribution in [0.25, 0.3) is 0 Å². The number of ether oxygens (including phenoxy) is 1. The van der Waals surface area contributed by atoms with Crippen molar-refractivity contribution in [1.82, 2.24) is 10.1 Å². The number of nitrogens with zero attached hydrogens (tertiary/aromatic N) is 2. The molecular formula is C13H21N3O2. The SMILES string of the molecule is CC1(c2nc(C3CCOCC3)no2)CCCC1N. The quantitative estimate of drug-likeness (QED) is 0.866. The van der Waals surface area contributed by atoms with Gasteiger partial charge in [-0.25, -0.2) is 0 Å². The van der Waals surface area contributed by atoms with E-state index in [2.05, 4.69) is 17.1 Å². The normalized spacial score (nSPS) is 34.0. The summed E-state index contributed by atoms with van der Waals surface area (Å²) in [4.78, 5) is 4.62. The Kier molecular flexibility index (Phi) is 3.11. The van der Waals surface area contributed by atoms with Crippen molar-refractivity contribution in [2.24, 2.45) is 5.73 Å². The first-order chi connectivity index (χ1) is 8.70. The summed E-state index contributed by atoms with van der Waals surface area (Å²) in [5.74, 6) is 1.96. The second-order valence-electron chi connectivity index (χ2n) is 5.76. The third-order valence-corrected chi connectivity index (χ3v) is 4.55. The Morgan fingerprint density at radius 1 is 1.28 bits per heavy atom. The topological polar surface area (TPSA) is 74.2 Å². The van der Waals surface area contributed by atoms with Crippen LogP contribution < -0.4 is 5.73 Å². The smallest absolute Gasteiger partial charge is 0.234 e. The number of rotatable bonds is 2. The van der Waals surface area contributed by atoms with E-state index in [1.54, 1.807) is 0 Å². The Morgan fingerprint density at radius 3 is 2.72 bits per heavy atom. The second-order valence-corrected chi connectivity index (χ2v) is 5.76. The van der Waals surface area contributed by atoms with Gasteiger partial charge < -0.3 is 15.0 Å². The minimum Gasteiger partial charge on any atom is -0.381 e. The minimum atomic E-state index is -0.129. The molecule has 1 aliphatic heterocycles. The summed E-state index contributed by atoms with van der Waals surface area (Å²) in [6.07, 6.45) is 5.21. The highest BCUT2D eigenvalue weighted by molar-refractivity contribution is 5.12. The molecule has 2 fully saturated rings. The van der Waals surface area contributed by atoms with Gasteiger partial charge in [0.15, 0.2) is 5.82 Å². The van der Waals surface area contributed by atoms with Gasteiger partial charge in [0, 0.05) is 25.2 Å². The van der Waals surface area contributed by atoms with Gasteiger partial charge in [0.05, 0.1) is 5.41 Å². The maximum Gasteiger partial charge on any atom is 0.234 e. The zero-order chi connectivity index (χ0) is 12.6. The highest BCUT2D eigenvalue weighted by atomic mass is 16.5. The molecule has 100 valence electrons. The molecule has 18 heavy (non-hydrogen) atoms. The Bertz CT molecular complexity index is 414. The number of hydrogen-bond donors (Lipinski definition) is 1. The van der Waals surface area contributed by atoms with Crippen molar-refractivity contribution >= 4 is 0 Å². The molecule has 2 atom stereocenters. The fraction of sp³-hybridized carbons (Fsp3) is 0.846. The van der Waals surface area contributed by atoms with Crippen molar-refractivity contribution in [3.63, 3.8) is 0 Å². The Balaban J connectivity index is 1.80. The van der Waals surface area contributed by atoms with Crippen LogP contribution in [-0.4, -0.2) is 29.4 Å². The molecule has 1 saturated heterocycles.